The first-order valence-corrected chi connectivity index (χ1v) is 10.4. The summed E-state index contributed by atoms with van der Waals surface area (Å²) in [5.74, 6) is 0.528. The highest BCUT2D eigenvalue weighted by Gasteiger charge is 2.25. The first-order valence-electron chi connectivity index (χ1n) is 10.4. The lowest BCUT2D eigenvalue weighted by Gasteiger charge is -2.36. The first-order chi connectivity index (χ1) is 15.5. The number of nitrogen functional groups attached to an aromatic ring is 1. The van der Waals surface area contributed by atoms with Gasteiger partial charge in [-0.3, -0.25) is 9.78 Å². The summed E-state index contributed by atoms with van der Waals surface area (Å²) >= 11 is 0. The van der Waals surface area contributed by atoms with Crippen LogP contribution < -0.4 is 16.4 Å². The molecule has 0 spiro atoms. The summed E-state index contributed by atoms with van der Waals surface area (Å²) in [5, 5.41) is 9.11. The number of fused-ring (bicyclic) bond motifs is 2. The van der Waals surface area contributed by atoms with Gasteiger partial charge in [0, 0.05) is 26.2 Å². The maximum Gasteiger partial charge on any atom is 0.292 e. The molecule has 32 heavy (non-hydrogen) atoms. The fraction of sp³-hybridized carbons (Fsp3) is 0.273. The molecule has 0 bridgehead atoms. The van der Waals surface area contributed by atoms with Gasteiger partial charge in [-0.15, -0.1) is 0 Å². The molecular weight excluding hydrogens is 410 g/mol. The number of nitrogens with zero attached hydrogens (tertiary/aromatic N) is 5. The molecule has 164 valence electrons. The van der Waals surface area contributed by atoms with E-state index in [1.807, 2.05) is 36.4 Å². The Hall–Kier alpha value is -3.76. The number of carbonyl (C=O) groups excluding carboxylic acids is 1. The Balaban J connectivity index is 1.38. The van der Waals surface area contributed by atoms with Gasteiger partial charge in [0.15, 0.2) is 5.58 Å². The third-order valence-corrected chi connectivity index (χ3v) is 5.70. The van der Waals surface area contributed by atoms with E-state index >= 15 is 0 Å². The van der Waals surface area contributed by atoms with Crippen LogP contribution in [0.2, 0.25) is 0 Å². The van der Waals surface area contributed by atoms with Crippen LogP contribution in [0.15, 0.2) is 47.0 Å². The number of aliphatic hydroxyl groups is 1. The molecule has 1 atom stereocenters. The summed E-state index contributed by atoms with van der Waals surface area (Å²) in [5.41, 5.74) is 16.2. The fourth-order valence-corrected chi connectivity index (χ4v) is 3.93. The number of carbonyl (C=O) groups is 1. The number of piperazine rings is 1. The Morgan fingerprint density at radius 2 is 1.75 bits per heavy atom. The molecule has 0 radical (unpaired) electrons. The van der Waals surface area contributed by atoms with E-state index in [0.717, 1.165) is 28.0 Å². The standard InChI is InChI=1S/C22H23N7O3/c23-15(12-30)21(31)29-7-5-28(6-8-29)20-11-25-16-3-1-13(9-17(16)26-20)14-2-4-19-18(10-14)27-22(24)32-19/h1-4,9-11,15,30H,5-8,12,23H2,(H2,24,27). The SMILES string of the molecule is Nc1nc2cc(-c3ccc4ncc(N5CCN(C(=O)C(N)CO)CC5)nc4c3)ccc2o1. The van der Waals surface area contributed by atoms with Crippen LogP contribution in [0, 0.1) is 0 Å². The molecule has 1 aliphatic rings. The minimum atomic E-state index is -0.867. The third-order valence-electron chi connectivity index (χ3n) is 5.70. The Kier molecular flexibility index (Phi) is 5.08. The second-order valence-electron chi connectivity index (χ2n) is 7.77. The number of aromatic nitrogens is 3. The van der Waals surface area contributed by atoms with Crippen LogP contribution in [0.25, 0.3) is 33.3 Å². The van der Waals surface area contributed by atoms with Gasteiger partial charge in [-0.05, 0) is 35.4 Å². The van der Waals surface area contributed by atoms with Crippen molar-refractivity contribution in [2.45, 2.75) is 6.04 Å². The van der Waals surface area contributed by atoms with Gasteiger partial charge in [-0.2, -0.15) is 4.98 Å². The molecule has 2 aromatic carbocycles. The van der Waals surface area contributed by atoms with Crippen molar-refractivity contribution in [1.29, 1.82) is 0 Å². The highest BCUT2D eigenvalue weighted by molar-refractivity contribution is 5.86. The number of rotatable bonds is 4. The van der Waals surface area contributed by atoms with Crippen molar-refractivity contribution < 1.29 is 14.3 Å². The second-order valence-corrected chi connectivity index (χ2v) is 7.77. The molecular formula is C22H23N7O3. The van der Waals surface area contributed by atoms with Gasteiger partial charge < -0.3 is 30.8 Å². The lowest BCUT2D eigenvalue weighted by Crippen LogP contribution is -2.54. The van der Waals surface area contributed by atoms with E-state index in [4.69, 9.17) is 26.0 Å². The van der Waals surface area contributed by atoms with Gasteiger partial charge in [0.25, 0.3) is 6.01 Å². The van der Waals surface area contributed by atoms with Gasteiger partial charge >= 0.3 is 0 Å². The summed E-state index contributed by atoms with van der Waals surface area (Å²) < 4.78 is 5.35. The van der Waals surface area contributed by atoms with Crippen LogP contribution in [0.5, 0.6) is 0 Å². The fourth-order valence-electron chi connectivity index (χ4n) is 3.93. The Morgan fingerprint density at radius 1 is 1.03 bits per heavy atom. The van der Waals surface area contributed by atoms with Crippen molar-refractivity contribution in [3.63, 3.8) is 0 Å². The summed E-state index contributed by atoms with van der Waals surface area (Å²) in [6.45, 7) is 1.93. The molecule has 1 fully saturated rings. The van der Waals surface area contributed by atoms with Gasteiger partial charge in [-0.25, -0.2) is 4.98 Å². The molecule has 1 amide bonds. The Labute approximate surface area is 183 Å². The highest BCUT2D eigenvalue weighted by Crippen LogP contribution is 2.28. The van der Waals surface area contributed by atoms with Crippen LogP contribution in [0.4, 0.5) is 11.8 Å². The second kappa shape index (κ2) is 8.06. The van der Waals surface area contributed by atoms with Crippen molar-refractivity contribution in [3.05, 3.63) is 42.6 Å². The number of oxazole rings is 1. The predicted molar refractivity (Wildman–Crippen MR) is 121 cm³/mol. The average molecular weight is 433 g/mol. The van der Waals surface area contributed by atoms with Crippen molar-refractivity contribution in [1.82, 2.24) is 19.9 Å². The van der Waals surface area contributed by atoms with E-state index in [9.17, 15) is 4.79 Å². The summed E-state index contributed by atoms with van der Waals surface area (Å²) in [6.07, 6.45) is 1.75. The topological polar surface area (TPSA) is 148 Å². The zero-order chi connectivity index (χ0) is 22.2. The van der Waals surface area contributed by atoms with Crippen molar-refractivity contribution in [2.75, 3.05) is 43.4 Å². The number of benzene rings is 2. The maximum atomic E-state index is 12.2. The highest BCUT2D eigenvalue weighted by atomic mass is 16.4. The largest absolute Gasteiger partial charge is 0.424 e. The molecule has 0 saturated carbocycles. The molecule has 3 heterocycles. The summed E-state index contributed by atoms with van der Waals surface area (Å²) in [6, 6.07) is 10.9. The van der Waals surface area contributed by atoms with Crippen LogP contribution in [-0.4, -0.2) is 69.7 Å². The lowest BCUT2D eigenvalue weighted by atomic mass is 10.0. The van der Waals surface area contributed by atoms with Crippen LogP contribution >= 0.6 is 0 Å². The molecule has 0 aliphatic carbocycles. The number of amides is 1. The normalized spacial score (nSPS) is 15.4. The molecule has 10 nitrogen and oxygen atoms in total. The number of aliphatic hydroxyl groups excluding tert-OH is 1. The zero-order valence-electron chi connectivity index (χ0n) is 17.3. The first kappa shape index (κ1) is 20.2. The molecule has 1 unspecified atom stereocenters. The molecule has 1 saturated heterocycles. The molecule has 5 N–H and O–H groups in total. The van der Waals surface area contributed by atoms with Gasteiger partial charge in [0.2, 0.25) is 5.91 Å². The molecule has 10 heteroatoms. The van der Waals surface area contributed by atoms with E-state index in [-0.39, 0.29) is 18.5 Å². The van der Waals surface area contributed by atoms with Crippen LogP contribution in [-0.2, 0) is 4.79 Å². The third kappa shape index (κ3) is 3.70. The van der Waals surface area contributed by atoms with Gasteiger partial charge in [-0.1, -0.05) is 12.1 Å². The van der Waals surface area contributed by atoms with E-state index in [2.05, 4.69) is 14.9 Å². The van der Waals surface area contributed by atoms with Crippen molar-refractivity contribution >= 4 is 39.9 Å². The molecule has 1 aliphatic heterocycles. The Morgan fingerprint density at radius 3 is 2.50 bits per heavy atom. The zero-order valence-corrected chi connectivity index (χ0v) is 17.3. The number of hydrogen-bond donors (Lipinski definition) is 3. The van der Waals surface area contributed by atoms with Crippen molar-refractivity contribution in [2.24, 2.45) is 5.73 Å². The predicted octanol–water partition coefficient (Wildman–Crippen LogP) is 0.988. The maximum absolute atomic E-state index is 12.2. The quantitative estimate of drug-likeness (QED) is 0.428. The summed E-state index contributed by atoms with van der Waals surface area (Å²) in [4.78, 5) is 29.5. The van der Waals surface area contributed by atoms with Crippen LogP contribution in [0.1, 0.15) is 0 Å². The number of hydrogen-bond acceptors (Lipinski definition) is 9. The Bertz CT molecular complexity index is 1300. The van der Waals surface area contributed by atoms with Crippen molar-refractivity contribution in [3.8, 4) is 11.1 Å². The smallest absolute Gasteiger partial charge is 0.292 e. The molecule has 2 aromatic heterocycles. The van der Waals surface area contributed by atoms with E-state index in [0.29, 0.717) is 37.3 Å². The summed E-state index contributed by atoms with van der Waals surface area (Å²) in [7, 11) is 0. The molecule has 5 rings (SSSR count). The van der Waals surface area contributed by atoms with Crippen LogP contribution in [0.3, 0.4) is 0 Å². The number of nitrogens with two attached hydrogens (primary N) is 2. The monoisotopic (exact) mass is 433 g/mol. The van der Waals surface area contributed by atoms with Gasteiger partial charge in [0.1, 0.15) is 17.4 Å². The lowest BCUT2D eigenvalue weighted by molar-refractivity contribution is -0.133. The molecule has 4 aromatic rings. The minimum absolute atomic E-state index is 0.145. The number of anilines is 2. The minimum Gasteiger partial charge on any atom is -0.424 e. The van der Waals surface area contributed by atoms with E-state index in [1.165, 1.54) is 0 Å². The average Bonchev–Trinajstić information content (AvgIpc) is 3.21. The van der Waals surface area contributed by atoms with Gasteiger partial charge in [0.05, 0.1) is 23.8 Å². The van der Waals surface area contributed by atoms with E-state index < -0.39 is 6.04 Å². The van der Waals surface area contributed by atoms with E-state index in [1.54, 1.807) is 11.1 Å².